The topological polar surface area (TPSA) is 38.0 Å². The summed E-state index contributed by atoms with van der Waals surface area (Å²) in [5.41, 5.74) is 7.47. The normalized spacial score (nSPS) is 12.1. The first-order chi connectivity index (χ1) is 9.11. The minimum atomic E-state index is 0.242. The van der Waals surface area contributed by atoms with Crippen molar-refractivity contribution in [1.82, 2.24) is 0 Å². The molecule has 0 aliphatic heterocycles. The fourth-order valence-electron chi connectivity index (χ4n) is 1.90. The Hall–Kier alpha value is -1.10. The van der Waals surface area contributed by atoms with E-state index in [4.69, 9.17) is 29.6 Å². The number of benzene rings is 1. The van der Waals surface area contributed by atoms with Crippen LogP contribution in [0.5, 0.6) is 0 Å². The zero-order valence-electron chi connectivity index (χ0n) is 10.5. The summed E-state index contributed by atoms with van der Waals surface area (Å²) in [4.78, 5) is 1.66. The lowest BCUT2D eigenvalue weighted by Gasteiger charge is -2.19. The molecule has 1 aromatic carbocycles. The minimum Gasteiger partial charge on any atom is -0.389 e. The predicted molar refractivity (Wildman–Crippen MR) is 88.3 cm³/mol. The van der Waals surface area contributed by atoms with E-state index in [2.05, 4.69) is 29.8 Å². The number of nitrogens with one attached hydrogen (secondary N) is 1. The molecule has 0 saturated carbocycles. The van der Waals surface area contributed by atoms with E-state index in [1.165, 1.54) is 4.88 Å². The molecule has 2 nitrogen and oxygen atoms in total. The smallest absolute Gasteiger partial charge is 0.106 e. The highest BCUT2D eigenvalue weighted by molar-refractivity contribution is 7.80. The molecule has 2 rings (SSSR count). The number of hydrogen-bond acceptors (Lipinski definition) is 3. The second kappa shape index (κ2) is 6.37. The Kier molecular flexibility index (Phi) is 4.80. The van der Waals surface area contributed by atoms with Gasteiger partial charge in [-0.3, -0.25) is 0 Å². The molecule has 19 heavy (non-hydrogen) atoms. The Bertz CT molecular complexity index is 567. The van der Waals surface area contributed by atoms with Gasteiger partial charge >= 0.3 is 0 Å². The summed E-state index contributed by atoms with van der Waals surface area (Å²) in [5, 5.41) is 6.23. The summed E-state index contributed by atoms with van der Waals surface area (Å²) in [6.07, 6.45) is 0.976. The van der Waals surface area contributed by atoms with Crippen molar-refractivity contribution in [3.63, 3.8) is 0 Å². The molecule has 1 unspecified atom stereocenters. The molecule has 1 aromatic heterocycles. The molecule has 1 heterocycles. The fraction of sp³-hybridized carbons (Fsp3) is 0.214. The Morgan fingerprint density at radius 2 is 2.26 bits per heavy atom. The second-order valence-corrected chi connectivity index (χ2v) is 6.03. The minimum absolute atomic E-state index is 0.242. The summed E-state index contributed by atoms with van der Waals surface area (Å²) in [7, 11) is 0. The maximum atomic E-state index is 6.05. The van der Waals surface area contributed by atoms with Crippen molar-refractivity contribution in [3.8, 4) is 0 Å². The molecule has 0 saturated heterocycles. The molecule has 0 aliphatic carbocycles. The highest BCUT2D eigenvalue weighted by Crippen LogP contribution is 2.29. The van der Waals surface area contributed by atoms with Crippen LogP contribution in [0.25, 0.3) is 0 Å². The average Bonchev–Trinajstić information content (AvgIpc) is 2.89. The van der Waals surface area contributed by atoms with Crippen LogP contribution >= 0.6 is 35.2 Å². The van der Waals surface area contributed by atoms with Crippen LogP contribution in [-0.2, 0) is 0 Å². The van der Waals surface area contributed by atoms with Crippen molar-refractivity contribution >= 4 is 45.8 Å². The molecule has 0 radical (unpaired) electrons. The summed E-state index contributed by atoms with van der Waals surface area (Å²) in [5.74, 6) is 0. The first-order valence-corrected chi connectivity index (χ1v) is 7.67. The lowest BCUT2D eigenvalue weighted by Crippen LogP contribution is -2.15. The summed E-state index contributed by atoms with van der Waals surface area (Å²) < 4.78 is 0. The quantitative estimate of drug-likeness (QED) is 0.793. The number of nitrogens with two attached hydrogens (primary N) is 1. The third kappa shape index (κ3) is 3.47. The van der Waals surface area contributed by atoms with E-state index in [-0.39, 0.29) is 6.04 Å². The molecule has 100 valence electrons. The summed E-state index contributed by atoms with van der Waals surface area (Å²) in [6, 6.07) is 9.94. The largest absolute Gasteiger partial charge is 0.389 e. The van der Waals surface area contributed by atoms with E-state index in [1.807, 2.05) is 12.1 Å². The van der Waals surface area contributed by atoms with Crippen LogP contribution in [0.4, 0.5) is 5.69 Å². The maximum Gasteiger partial charge on any atom is 0.106 e. The molecular weight excluding hydrogens is 296 g/mol. The van der Waals surface area contributed by atoms with Crippen LogP contribution in [0, 0.1) is 0 Å². The number of anilines is 1. The van der Waals surface area contributed by atoms with E-state index in [0.717, 1.165) is 17.7 Å². The Morgan fingerprint density at radius 3 is 2.84 bits per heavy atom. The molecule has 5 heteroatoms. The summed E-state index contributed by atoms with van der Waals surface area (Å²) >= 11 is 12.9. The van der Waals surface area contributed by atoms with Crippen molar-refractivity contribution < 1.29 is 0 Å². The van der Waals surface area contributed by atoms with Gasteiger partial charge in [-0.15, -0.1) is 11.3 Å². The Morgan fingerprint density at radius 1 is 1.47 bits per heavy atom. The molecule has 0 fully saturated rings. The van der Waals surface area contributed by atoms with Crippen molar-refractivity contribution in [2.75, 3.05) is 5.32 Å². The highest BCUT2D eigenvalue weighted by atomic mass is 35.5. The number of thiophene rings is 1. The zero-order chi connectivity index (χ0) is 13.8. The molecule has 0 aliphatic rings. The molecule has 0 spiro atoms. The number of halogens is 1. The second-order valence-electron chi connectivity index (χ2n) is 4.17. The number of hydrogen-bond donors (Lipinski definition) is 2. The van der Waals surface area contributed by atoms with E-state index in [0.29, 0.717) is 10.0 Å². The van der Waals surface area contributed by atoms with E-state index < -0.39 is 0 Å². The van der Waals surface area contributed by atoms with Crippen LogP contribution in [0.3, 0.4) is 0 Å². The van der Waals surface area contributed by atoms with Crippen LogP contribution < -0.4 is 11.1 Å². The van der Waals surface area contributed by atoms with E-state index in [9.17, 15) is 0 Å². The number of thiocarbonyl (C=S) groups is 1. The van der Waals surface area contributed by atoms with Gasteiger partial charge in [0, 0.05) is 21.2 Å². The van der Waals surface area contributed by atoms with Crippen LogP contribution in [0.2, 0.25) is 5.02 Å². The van der Waals surface area contributed by atoms with Crippen LogP contribution in [0.1, 0.15) is 29.8 Å². The fourth-order valence-corrected chi connectivity index (χ4v) is 3.11. The van der Waals surface area contributed by atoms with Crippen LogP contribution in [0.15, 0.2) is 35.7 Å². The van der Waals surface area contributed by atoms with Gasteiger partial charge in [-0.25, -0.2) is 0 Å². The third-order valence-corrected chi connectivity index (χ3v) is 4.31. The molecule has 0 bridgehead atoms. The summed E-state index contributed by atoms with van der Waals surface area (Å²) in [6.45, 7) is 2.14. The lowest BCUT2D eigenvalue weighted by atomic mass is 10.1. The zero-order valence-corrected chi connectivity index (χ0v) is 12.9. The third-order valence-electron chi connectivity index (χ3n) is 2.87. The van der Waals surface area contributed by atoms with Crippen LogP contribution in [-0.4, -0.2) is 4.99 Å². The van der Waals surface area contributed by atoms with Crippen molar-refractivity contribution in [1.29, 1.82) is 0 Å². The van der Waals surface area contributed by atoms with Crippen molar-refractivity contribution in [2.24, 2.45) is 5.73 Å². The van der Waals surface area contributed by atoms with Gasteiger partial charge in [0.15, 0.2) is 0 Å². The Balaban J connectivity index is 2.31. The first kappa shape index (κ1) is 14.3. The Labute approximate surface area is 127 Å². The van der Waals surface area contributed by atoms with E-state index >= 15 is 0 Å². The average molecular weight is 311 g/mol. The van der Waals surface area contributed by atoms with Gasteiger partial charge in [-0.05, 0) is 36.1 Å². The highest BCUT2D eigenvalue weighted by Gasteiger charge is 2.13. The SMILES string of the molecule is CCC(Nc1cc(Cl)ccc1C(N)=S)c1cccs1. The van der Waals surface area contributed by atoms with Gasteiger partial charge in [0.2, 0.25) is 0 Å². The predicted octanol–water partition coefficient (Wildman–Crippen LogP) is 4.60. The van der Waals surface area contributed by atoms with Gasteiger partial charge in [0.05, 0.1) is 6.04 Å². The molecule has 3 N–H and O–H groups in total. The van der Waals surface area contributed by atoms with Gasteiger partial charge in [0.1, 0.15) is 4.99 Å². The first-order valence-electron chi connectivity index (χ1n) is 6.01. The number of rotatable bonds is 5. The molecular formula is C14H15ClN2S2. The van der Waals surface area contributed by atoms with E-state index in [1.54, 1.807) is 17.4 Å². The van der Waals surface area contributed by atoms with Crippen molar-refractivity contribution in [3.05, 3.63) is 51.2 Å². The standard InChI is InChI=1S/C14H15ClN2S2/c1-2-11(13-4-3-7-19-13)17-12-8-9(15)5-6-10(12)14(16)18/h3-8,11,17H,2H2,1H3,(H2,16,18). The molecule has 1 atom stereocenters. The molecule has 0 amide bonds. The van der Waals surface area contributed by atoms with Gasteiger partial charge < -0.3 is 11.1 Å². The monoisotopic (exact) mass is 310 g/mol. The lowest BCUT2D eigenvalue weighted by molar-refractivity contribution is 0.764. The van der Waals surface area contributed by atoms with Gasteiger partial charge in [0.25, 0.3) is 0 Å². The molecule has 2 aromatic rings. The van der Waals surface area contributed by atoms with Gasteiger partial charge in [-0.2, -0.15) is 0 Å². The maximum absolute atomic E-state index is 6.05. The van der Waals surface area contributed by atoms with Crippen molar-refractivity contribution in [2.45, 2.75) is 19.4 Å². The van der Waals surface area contributed by atoms with Gasteiger partial charge in [-0.1, -0.05) is 36.8 Å².